The SMILES string of the molecule is C[CH]=[GeH][CH](C)CCC. The van der Waals surface area contributed by atoms with Crippen molar-refractivity contribution in [3.05, 3.63) is 0 Å². The van der Waals surface area contributed by atoms with Crippen molar-refractivity contribution in [1.29, 1.82) is 0 Å². The maximum absolute atomic E-state index is 2.41. The van der Waals surface area contributed by atoms with Crippen molar-refractivity contribution in [2.75, 3.05) is 0 Å². The van der Waals surface area contributed by atoms with Gasteiger partial charge in [0.25, 0.3) is 0 Å². The van der Waals surface area contributed by atoms with Gasteiger partial charge in [0.1, 0.15) is 0 Å². The topological polar surface area (TPSA) is 0 Å². The van der Waals surface area contributed by atoms with Crippen LogP contribution >= 0.6 is 0 Å². The van der Waals surface area contributed by atoms with Crippen LogP contribution in [-0.2, 0) is 0 Å². The van der Waals surface area contributed by atoms with Crippen molar-refractivity contribution >= 4 is 19.8 Å². The molecule has 1 heteroatoms. The summed E-state index contributed by atoms with van der Waals surface area (Å²) >= 11 is 0.0757. The number of rotatable bonds is 3. The van der Waals surface area contributed by atoms with Crippen LogP contribution in [0.2, 0.25) is 4.75 Å². The van der Waals surface area contributed by atoms with Gasteiger partial charge in [0, 0.05) is 0 Å². The van der Waals surface area contributed by atoms with Gasteiger partial charge in [0.15, 0.2) is 0 Å². The van der Waals surface area contributed by atoms with Gasteiger partial charge in [-0.15, -0.1) is 0 Å². The van der Waals surface area contributed by atoms with Gasteiger partial charge in [-0.3, -0.25) is 0 Å². The van der Waals surface area contributed by atoms with E-state index >= 15 is 0 Å². The summed E-state index contributed by atoms with van der Waals surface area (Å²) in [6.45, 7) is 6.85. The molecule has 0 aromatic carbocycles. The average molecular weight is 173 g/mol. The molecular formula is C7H16Ge. The summed E-state index contributed by atoms with van der Waals surface area (Å²) in [6, 6.07) is 0. The predicted octanol–water partition coefficient (Wildman–Crippen LogP) is 1.85. The molecule has 0 aromatic heterocycles. The van der Waals surface area contributed by atoms with Gasteiger partial charge in [-0.1, -0.05) is 0 Å². The van der Waals surface area contributed by atoms with Crippen LogP contribution in [0.15, 0.2) is 0 Å². The second kappa shape index (κ2) is 5.55. The van der Waals surface area contributed by atoms with E-state index in [-0.39, 0.29) is 15.0 Å². The standard InChI is InChI=1S/C7H16Ge/c1-4-6-7(3)8-5-2/h5,7-8H,4,6H2,1-3H3. The Morgan fingerprint density at radius 3 is 2.62 bits per heavy atom. The van der Waals surface area contributed by atoms with Gasteiger partial charge in [-0.05, 0) is 0 Å². The van der Waals surface area contributed by atoms with Crippen LogP contribution in [-0.4, -0.2) is 19.8 Å². The van der Waals surface area contributed by atoms with E-state index in [2.05, 4.69) is 25.6 Å². The first-order chi connectivity index (χ1) is 3.81. The molecule has 0 aliphatic heterocycles. The number of hydrogen-bond donors (Lipinski definition) is 0. The summed E-state index contributed by atoms with van der Waals surface area (Å²) in [7, 11) is 0. The summed E-state index contributed by atoms with van der Waals surface area (Å²) in [4.78, 5) is 2.41. The van der Waals surface area contributed by atoms with E-state index in [1.165, 1.54) is 12.8 Å². The molecule has 1 unspecified atom stereocenters. The Labute approximate surface area is 58.7 Å². The maximum atomic E-state index is 2.41. The summed E-state index contributed by atoms with van der Waals surface area (Å²) in [5.74, 6) is 0. The van der Waals surface area contributed by atoms with Gasteiger partial charge in [-0.25, -0.2) is 0 Å². The van der Waals surface area contributed by atoms with Gasteiger partial charge in [0.05, 0.1) is 0 Å². The fourth-order valence-electron chi connectivity index (χ4n) is 0.880. The van der Waals surface area contributed by atoms with Crippen molar-refractivity contribution in [2.24, 2.45) is 0 Å². The van der Waals surface area contributed by atoms with Crippen LogP contribution in [0.4, 0.5) is 0 Å². The molecule has 0 nitrogen and oxygen atoms in total. The molecule has 0 aromatic rings. The van der Waals surface area contributed by atoms with Crippen molar-refractivity contribution < 1.29 is 0 Å². The van der Waals surface area contributed by atoms with Gasteiger partial charge in [-0.2, -0.15) is 0 Å². The fourth-order valence-corrected chi connectivity index (χ4v) is 3.36. The van der Waals surface area contributed by atoms with E-state index in [0.717, 1.165) is 4.75 Å². The first-order valence-corrected chi connectivity index (χ1v) is 6.23. The molecule has 0 spiro atoms. The molecule has 0 rings (SSSR count). The Kier molecular flexibility index (Phi) is 5.83. The normalized spacial score (nSPS) is 14.9. The molecule has 48 valence electrons. The van der Waals surface area contributed by atoms with Crippen LogP contribution in [0, 0.1) is 0 Å². The molecule has 0 saturated carbocycles. The van der Waals surface area contributed by atoms with Gasteiger partial charge < -0.3 is 0 Å². The molecule has 1 atom stereocenters. The Balaban J connectivity index is 3.17. The molecule has 0 bridgehead atoms. The van der Waals surface area contributed by atoms with Gasteiger partial charge >= 0.3 is 58.2 Å². The van der Waals surface area contributed by atoms with E-state index in [0.29, 0.717) is 0 Å². The molecule has 0 radical (unpaired) electrons. The zero-order chi connectivity index (χ0) is 6.41. The van der Waals surface area contributed by atoms with Crippen LogP contribution < -0.4 is 0 Å². The molecule has 0 N–H and O–H groups in total. The van der Waals surface area contributed by atoms with E-state index in [4.69, 9.17) is 0 Å². The van der Waals surface area contributed by atoms with Gasteiger partial charge in [0.2, 0.25) is 0 Å². The van der Waals surface area contributed by atoms with E-state index < -0.39 is 0 Å². The molecule has 0 fully saturated rings. The van der Waals surface area contributed by atoms with E-state index in [1.54, 1.807) is 0 Å². The summed E-state index contributed by atoms with van der Waals surface area (Å²) in [5, 5.41) is 0. The first-order valence-electron chi connectivity index (χ1n) is 3.44. The van der Waals surface area contributed by atoms with Crippen molar-refractivity contribution in [2.45, 2.75) is 38.4 Å². The molecule has 0 heterocycles. The minimum absolute atomic E-state index is 0.0757. The zero-order valence-electron chi connectivity index (χ0n) is 6.15. The predicted molar refractivity (Wildman–Crippen MR) is 43.2 cm³/mol. The summed E-state index contributed by atoms with van der Waals surface area (Å²) in [5.41, 5.74) is 0. The van der Waals surface area contributed by atoms with Crippen molar-refractivity contribution in [3.8, 4) is 0 Å². The molecule has 0 amide bonds. The van der Waals surface area contributed by atoms with Crippen LogP contribution in [0.5, 0.6) is 0 Å². The monoisotopic (exact) mass is 174 g/mol. The molecule has 0 aliphatic rings. The first kappa shape index (κ1) is 8.41. The zero-order valence-corrected chi connectivity index (χ0v) is 8.57. The number of hydrogen-bond acceptors (Lipinski definition) is 0. The average Bonchev–Trinajstić information content (AvgIpc) is 1.68. The molecule has 0 aliphatic carbocycles. The van der Waals surface area contributed by atoms with E-state index in [9.17, 15) is 0 Å². The second-order valence-corrected chi connectivity index (χ2v) is 6.89. The minimum atomic E-state index is 0.0757. The quantitative estimate of drug-likeness (QED) is 0.571. The Morgan fingerprint density at radius 2 is 2.25 bits per heavy atom. The Bertz CT molecular complexity index is 66.8. The van der Waals surface area contributed by atoms with Crippen LogP contribution in [0.1, 0.15) is 33.6 Å². The molecular weight excluding hydrogens is 157 g/mol. The molecule has 8 heavy (non-hydrogen) atoms. The van der Waals surface area contributed by atoms with Crippen molar-refractivity contribution in [1.82, 2.24) is 0 Å². The summed E-state index contributed by atoms with van der Waals surface area (Å²) < 4.78 is 1.06. The molecule has 0 saturated heterocycles. The Morgan fingerprint density at radius 1 is 1.62 bits per heavy atom. The van der Waals surface area contributed by atoms with Crippen LogP contribution in [0.3, 0.4) is 0 Å². The van der Waals surface area contributed by atoms with Crippen LogP contribution in [0.25, 0.3) is 0 Å². The Hall–Kier alpha value is 0.413. The third kappa shape index (κ3) is 4.57. The summed E-state index contributed by atoms with van der Waals surface area (Å²) in [6.07, 6.45) is 2.82. The van der Waals surface area contributed by atoms with E-state index in [1.807, 2.05) is 0 Å². The second-order valence-electron chi connectivity index (χ2n) is 2.29. The third-order valence-corrected chi connectivity index (χ3v) is 4.15. The fraction of sp³-hybridized carbons (Fsp3) is 0.857. The van der Waals surface area contributed by atoms with Crippen molar-refractivity contribution in [3.63, 3.8) is 0 Å². The third-order valence-electron chi connectivity index (χ3n) is 1.26.